The molecular formula is C17H28N2O. The van der Waals surface area contributed by atoms with E-state index in [0.29, 0.717) is 12.1 Å². The van der Waals surface area contributed by atoms with Crippen LogP contribution in [0.2, 0.25) is 0 Å². The largest absolute Gasteiger partial charge is 0.380 e. The van der Waals surface area contributed by atoms with Crippen molar-refractivity contribution in [2.75, 3.05) is 33.3 Å². The summed E-state index contributed by atoms with van der Waals surface area (Å²) in [7, 11) is 1.82. The molecule has 1 heterocycles. The van der Waals surface area contributed by atoms with Crippen molar-refractivity contribution in [1.29, 1.82) is 0 Å². The number of hydrogen-bond acceptors (Lipinski definition) is 3. The number of methoxy groups -OCH3 is 1. The van der Waals surface area contributed by atoms with Crippen LogP contribution in [0.5, 0.6) is 0 Å². The second-order valence-electron chi connectivity index (χ2n) is 5.94. The van der Waals surface area contributed by atoms with Gasteiger partial charge in [-0.1, -0.05) is 36.2 Å². The fourth-order valence-corrected chi connectivity index (χ4v) is 3.16. The van der Waals surface area contributed by atoms with E-state index in [1.54, 1.807) is 0 Å². The van der Waals surface area contributed by atoms with Crippen LogP contribution in [0.3, 0.4) is 0 Å². The van der Waals surface area contributed by atoms with E-state index in [0.717, 1.165) is 32.6 Å². The average molecular weight is 276 g/mol. The summed E-state index contributed by atoms with van der Waals surface area (Å²) in [5, 5.41) is 3.63. The zero-order valence-corrected chi connectivity index (χ0v) is 13.3. The van der Waals surface area contributed by atoms with Crippen molar-refractivity contribution < 1.29 is 4.74 Å². The third-order valence-electron chi connectivity index (χ3n) is 4.10. The topological polar surface area (TPSA) is 24.5 Å². The molecule has 0 saturated carbocycles. The molecule has 1 fully saturated rings. The third-order valence-corrected chi connectivity index (χ3v) is 4.10. The third kappa shape index (κ3) is 4.05. The lowest BCUT2D eigenvalue weighted by atomic mass is 10.0. The SMILES string of the molecule is CCNC(CN1CCC(OC)C1)c1cc(C)cc(C)c1. The molecule has 2 unspecified atom stereocenters. The van der Waals surface area contributed by atoms with E-state index >= 15 is 0 Å². The van der Waals surface area contributed by atoms with Crippen molar-refractivity contribution in [2.45, 2.75) is 39.3 Å². The second-order valence-corrected chi connectivity index (χ2v) is 5.94. The molecule has 3 nitrogen and oxygen atoms in total. The Bertz CT molecular complexity index is 413. The average Bonchev–Trinajstić information content (AvgIpc) is 2.85. The van der Waals surface area contributed by atoms with Gasteiger partial charge < -0.3 is 10.1 Å². The summed E-state index contributed by atoms with van der Waals surface area (Å²) in [5.41, 5.74) is 4.10. The summed E-state index contributed by atoms with van der Waals surface area (Å²) in [6, 6.07) is 7.27. The highest BCUT2D eigenvalue weighted by molar-refractivity contribution is 5.31. The predicted octanol–water partition coefficient (Wildman–Crippen LogP) is 2.67. The number of rotatable bonds is 6. The van der Waals surface area contributed by atoms with Gasteiger partial charge in [-0.15, -0.1) is 0 Å². The zero-order valence-electron chi connectivity index (χ0n) is 13.3. The molecule has 1 aliphatic rings. The summed E-state index contributed by atoms with van der Waals surface area (Å²) < 4.78 is 5.46. The summed E-state index contributed by atoms with van der Waals surface area (Å²) in [5.74, 6) is 0. The van der Waals surface area contributed by atoms with Crippen LogP contribution in [0.25, 0.3) is 0 Å². The van der Waals surface area contributed by atoms with E-state index in [9.17, 15) is 0 Å². The van der Waals surface area contributed by atoms with Gasteiger partial charge in [0.25, 0.3) is 0 Å². The first kappa shape index (κ1) is 15.5. The molecule has 0 bridgehead atoms. The van der Waals surface area contributed by atoms with E-state index in [2.05, 4.69) is 49.2 Å². The number of hydrogen-bond donors (Lipinski definition) is 1. The molecule has 1 N–H and O–H groups in total. The number of likely N-dealkylation sites (tertiary alicyclic amines) is 1. The maximum Gasteiger partial charge on any atom is 0.0710 e. The van der Waals surface area contributed by atoms with Gasteiger partial charge in [0.15, 0.2) is 0 Å². The molecule has 1 aromatic rings. The number of likely N-dealkylation sites (N-methyl/N-ethyl adjacent to an activating group) is 1. The molecule has 1 aromatic carbocycles. The van der Waals surface area contributed by atoms with Crippen LogP contribution in [-0.4, -0.2) is 44.3 Å². The first-order chi connectivity index (χ1) is 9.62. The molecule has 0 amide bonds. The zero-order chi connectivity index (χ0) is 14.5. The molecule has 112 valence electrons. The second kappa shape index (κ2) is 7.21. The van der Waals surface area contributed by atoms with Crippen molar-refractivity contribution in [1.82, 2.24) is 10.2 Å². The summed E-state index contributed by atoms with van der Waals surface area (Å²) in [4.78, 5) is 2.51. The first-order valence-electron chi connectivity index (χ1n) is 7.69. The molecular weight excluding hydrogens is 248 g/mol. The molecule has 1 aliphatic heterocycles. The molecule has 3 heteroatoms. The minimum atomic E-state index is 0.411. The maximum atomic E-state index is 5.46. The molecule has 0 aliphatic carbocycles. The van der Waals surface area contributed by atoms with Gasteiger partial charge in [-0.05, 0) is 32.4 Å². The van der Waals surface area contributed by atoms with E-state index in [-0.39, 0.29) is 0 Å². The lowest BCUT2D eigenvalue weighted by molar-refractivity contribution is 0.106. The highest BCUT2D eigenvalue weighted by atomic mass is 16.5. The van der Waals surface area contributed by atoms with Crippen LogP contribution < -0.4 is 5.32 Å². The van der Waals surface area contributed by atoms with Gasteiger partial charge >= 0.3 is 0 Å². The number of benzene rings is 1. The summed E-state index contributed by atoms with van der Waals surface area (Å²) in [6.45, 7) is 10.8. The van der Waals surface area contributed by atoms with Gasteiger partial charge in [-0.3, -0.25) is 4.90 Å². The lowest BCUT2D eigenvalue weighted by Gasteiger charge is -2.25. The van der Waals surface area contributed by atoms with Crippen molar-refractivity contribution >= 4 is 0 Å². The molecule has 0 radical (unpaired) electrons. The van der Waals surface area contributed by atoms with E-state index in [1.165, 1.54) is 16.7 Å². The molecule has 2 atom stereocenters. The van der Waals surface area contributed by atoms with E-state index in [4.69, 9.17) is 4.74 Å². The van der Waals surface area contributed by atoms with Crippen LogP contribution in [0.4, 0.5) is 0 Å². The van der Waals surface area contributed by atoms with Crippen molar-refractivity contribution in [2.24, 2.45) is 0 Å². The maximum absolute atomic E-state index is 5.46. The number of nitrogens with one attached hydrogen (secondary N) is 1. The Kier molecular flexibility index (Phi) is 5.58. The van der Waals surface area contributed by atoms with Crippen LogP contribution in [0.15, 0.2) is 18.2 Å². The minimum absolute atomic E-state index is 0.411. The highest BCUT2D eigenvalue weighted by Gasteiger charge is 2.24. The Balaban J connectivity index is 2.06. The smallest absolute Gasteiger partial charge is 0.0710 e. The fraction of sp³-hybridized carbons (Fsp3) is 0.647. The van der Waals surface area contributed by atoms with Crippen LogP contribution in [0, 0.1) is 13.8 Å². The molecule has 0 spiro atoms. The number of nitrogens with zero attached hydrogens (tertiary/aromatic N) is 1. The number of aryl methyl sites for hydroxylation is 2. The summed E-state index contributed by atoms with van der Waals surface area (Å²) >= 11 is 0. The predicted molar refractivity (Wildman–Crippen MR) is 84.2 cm³/mol. The monoisotopic (exact) mass is 276 g/mol. The Morgan fingerprint density at radius 1 is 1.30 bits per heavy atom. The number of ether oxygens (including phenoxy) is 1. The Labute approximate surface area is 123 Å². The van der Waals surface area contributed by atoms with E-state index in [1.807, 2.05) is 7.11 Å². The van der Waals surface area contributed by atoms with Crippen molar-refractivity contribution in [3.8, 4) is 0 Å². The standard InChI is InChI=1S/C17H28N2O/c1-5-18-17(12-19-7-6-16(11-19)20-4)15-9-13(2)8-14(3)10-15/h8-10,16-18H,5-7,11-12H2,1-4H3. The van der Waals surface area contributed by atoms with E-state index < -0.39 is 0 Å². The molecule has 1 saturated heterocycles. The van der Waals surface area contributed by atoms with Gasteiger partial charge in [0.05, 0.1) is 6.10 Å². The Hall–Kier alpha value is -0.900. The molecule has 0 aromatic heterocycles. The molecule has 2 rings (SSSR count). The Morgan fingerprint density at radius 2 is 2.00 bits per heavy atom. The van der Waals surface area contributed by atoms with Gasteiger partial charge in [-0.25, -0.2) is 0 Å². The Morgan fingerprint density at radius 3 is 2.55 bits per heavy atom. The normalized spacial score (nSPS) is 21.3. The van der Waals surface area contributed by atoms with Crippen molar-refractivity contribution in [3.05, 3.63) is 34.9 Å². The first-order valence-corrected chi connectivity index (χ1v) is 7.69. The van der Waals surface area contributed by atoms with Gasteiger partial charge in [0, 0.05) is 32.8 Å². The van der Waals surface area contributed by atoms with Crippen LogP contribution in [0.1, 0.15) is 36.1 Å². The van der Waals surface area contributed by atoms with Crippen molar-refractivity contribution in [3.63, 3.8) is 0 Å². The van der Waals surface area contributed by atoms with Crippen LogP contribution >= 0.6 is 0 Å². The van der Waals surface area contributed by atoms with Gasteiger partial charge in [-0.2, -0.15) is 0 Å². The quantitative estimate of drug-likeness (QED) is 0.864. The highest BCUT2D eigenvalue weighted by Crippen LogP contribution is 2.21. The van der Waals surface area contributed by atoms with Gasteiger partial charge in [0.1, 0.15) is 0 Å². The van der Waals surface area contributed by atoms with Gasteiger partial charge in [0.2, 0.25) is 0 Å². The lowest BCUT2D eigenvalue weighted by Crippen LogP contribution is -2.34. The fourth-order valence-electron chi connectivity index (χ4n) is 3.16. The minimum Gasteiger partial charge on any atom is -0.380 e. The van der Waals surface area contributed by atoms with Crippen LogP contribution in [-0.2, 0) is 4.74 Å². The molecule has 20 heavy (non-hydrogen) atoms. The summed E-state index contributed by atoms with van der Waals surface area (Å²) in [6.07, 6.45) is 1.57.